The molecule has 1 aromatic heterocycles. The third-order valence-electron chi connectivity index (χ3n) is 2.72. The van der Waals surface area contributed by atoms with Crippen LogP contribution in [0.1, 0.15) is 20.3 Å². The third kappa shape index (κ3) is 4.61. The van der Waals surface area contributed by atoms with Crippen LogP contribution in [0.15, 0.2) is 0 Å². The maximum atomic E-state index is 5.83. The molecule has 96 valence electrons. The molecule has 0 saturated heterocycles. The highest BCUT2D eigenvalue weighted by molar-refractivity contribution is 6.32. The molecule has 17 heavy (non-hydrogen) atoms. The van der Waals surface area contributed by atoms with Gasteiger partial charge in [0.2, 0.25) is 5.28 Å². The number of likely N-dealkylation sites (N-methyl/N-ethyl adjacent to an activating group) is 1. The van der Waals surface area contributed by atoms with E-state index >= 15 is 0 Å². The van der Waals surface area contributed by atoms with Crippen LogP contribution >= 0.6 is 23.2 Å². The van der Waals surface area contributed by atoms with Crippen molar-refractivity contribution in [2.45, 2.75) is 26.3 Å². The van der Waals surface area contributed by atoms with Gasteiger partial charge in [-0.25, -0.2) is 0 Å². The maximum Gasteiger partial charge on any atom is 0.245 e. The van der Waals surface area contributed by atoms with Crippen LogP contribution in [0.2, 0.25) is 10.4 Å². The first kappa shape index (κ1) is 14.4. The fraction of sp³-hybridized carbons (Fsp3) is 0.700. The van der Waals surface area contributed by atoms with Gasteiger partial charge in [-0.1, -0.05) is 18.5 Å². The fourth-order valence-electron chi connectivity index (χ4n) is 1.29. The fourth-order valence-corrected chi connectivity index (χ4v) is 1.56. The first-order valence-corrected chi connectivity index (χ1v) is 6.30. The van der Waals surface area contributed by atoms with E-state index in [2.05, 4.69) is 46.3 Å². The Morgan fingerprint density at radius 2 is 2.06 bits per heavy atom. The van der Waals surface area contributed by atoms with Crippen molar-refractivity contribution < 1.29 is 0 Å². The van der Waals surface area contributed by atoms with E-state index < -0.39 is 0 Å². The molecule has 0 saturated carbocycles. The molecule has 1 atom stereocenters. The van der Waals surface area contributed by atoms with Gasteiger partial charge in [-0.15, -0.1) is 10.2 Å². The normalized spacial score (nSPS) is 12.8. The Labute approximate surface area is 112 Å². The van der Waals surface area contributed by atoms with Crippen LogP contribution in [-0.4, -0.2) is 46.3 Å². The zero-order valence-corrected chi connectivity index (χ0v) is 11.8. The van der Waals surface area contributed by atoms with E-state index in [1.165, 1.54) is 0 Å². The lowest BCUT2D eigenvalue weighted by molar-refractivity contribution is 0.261. The second kappa shape index (κ2) is 6.93. The third-order valence-corrected chi connectivity index (χ3v) is 3.13. The van der Waals surface area contributed by atoms with E-state index in [9.17, 15) is 0 Å². The highest BCUT2D eigenvalue weighted by atomic mass is 35.5. The zero-order valence-electron chi connectivity index (χ0n) is 10.2. The van der Waals surface area contributed by atoms with E-state index in [1.807, 2.05) is 0 Å². The molecule has 5 nitrogen and oxygen atoms in total. The number of anilines is 1. The minimum Gasteiger partial charge on any atom is -0.366 e. The van der Waals surface area contributed by atoms with E-state index in [0.717, 1.165) is 19.5 Å². The Balaban J connectivity index is 2.43. The van der Waals surface area contributed by atoms with Crippen molar-refractivity contribution >= 4 is 29.0 Å². The van der Waals surface area contributed by atoms with Gasteiger partial charge >= 0.3 is 0 Å². The molecule has 1 aromatic rings. The molecule has 1 heterocycles. The van der Waals surface area contributed by atoms with Gasteiger partial charge in [0.05, 0.1) is 0 Å². The highest BCUT2D eigenvalue weighted by Crippen LogP contribution is 2.16. The predicted octanol–water partition coefficient (Wildman–Crippen LogP) is 2.32. The van der Waals surface area contributed by atoms with Crippen molar-refractivity contribution in [3.05, 3.63) is 10.4 Å². The topological polar surface area (TPSA) is 53.9 Å². The first-order valence-electron chi connectivity index (χ1n) is 5.54. The van der Waals surface area contributed by atoms with Crippen molar-refractivity contribution in [2.24, 2.45) is 0 Å². The quantitative estimate of drug-likeness (QED) is 0.865. The van der Waals surface area contributed by atoms with Crippen LogP contribution in [0.3, 0.4) is 0 Å². The lowest BCUT2D eigenvalue weighted by atomic mass is 10.2. The summed E-state index contributed by atoms with van der Waals surface area (Å²) in [5.74, 6) is 0.476. The van der Waals surface area contributed by atoms with E-state index in [0.29, 0.717) is 11.9 Å². The van der Waals surface area contributed by atoms with Crippen LogP contribution in [0.25, 0.3) is 0 Å². The first-order chi connectivity index (χ1) is 8.04. The minimum atomic E-state index is 0.0900. The molecule has 0 radical (unpaired) electrons. The molecule has 0 aromatic carbocycles. The Hall–Kier alpha value is -0.650. The molecule has 0 aliphatic heterocycles. The molecule has 0 bridgehead atoms. The Bertz CT molecular complexity index is 361. The summed E-state index contributed by atoms with van der Waals surface area (Å²) in [7, 11) is 2.09. The Morgan fingerprint density at radius 1 is 1.35 bits per heavy atom. The molecule has 0 amide bonds. The summed E-state index contributed by atoms with van der Waals surface area (Å²) in [6.45, 7) is 5.98. The monoisotopic (exact) mass is 277 g/mol. The van der Waals surface area contributed by atoms with Crippen molar-refractivity contribution in [2.75, 3.05) is 25.5 Å². The largest absolute Gasteiger partial charge is 0.366 e. The van der Waals surface area contributed by atoms with Crippen molar-refractivity contribution in [3.8, 4) is 0 Å². The molecule has 0 spiro atoms. The molecular formula is C10H17Cl2N5. The molecule has 0 aliphatic rings. The van der Waals surface area contributed by atoms with Gasteiger partial charge in [-0.05, 0) is 32.0 Å². The number of aromatic nitrogens is 3. The Morgan fingerprint density at radius 3 is 2.71 bits per heavy atom. The van der Waals surface area contributed by atoms with Crippen LogP contribution in [0, 0.1) is 0 Å². The SMILES string of the molecule is CCC(C)N(C)CCNc1nc(Cl)nnc1Cl. The second-order valence-corrected chi connectivity index (χ2v) is 4.58. The summed E-state index contributed by atoms with van der Waals surface area (Å²) in [5.41, 5.74) is 0. The van der Waals surface area contributed by atoms with Crippen molar-refractivity contribution in [1.29, 1.82) is 0 Å². The number of hydrogen-bond acceptors (Lipinski definition) is 5. The summed E-state index contributed by atoms with van der Waals surface area (Å²) in [6, 6.07) is 0.555. The Kier molecular flexibility index (Phi) is 5.88. The van der Waals surface area contributed by atoms with Gasteiger partial charge in [0.15, 0.2) is 11.0 Å². The number of hydrogen-bond donors (Lipinski definition) is 1. The maximum absolute atomic E-state index is 5.83. The summed E-state index contributed by atoms with van der Waals surface area (Å²) in [6.07, 6.45) is 1.12. The highest BCUT2D eigenvalue weighted by Gasteiger charge is 2.08. The van der Waals surface area contributed by atoms with E-state index in [-0.39, 0.29) is 10.4 Å². The van der Waals surface area contributed by atoms with Gasteiger partial charge < -0.3 is 10.2 Å². The van der Waals surface area contributed by atoms with Crippen LogP contribution in [0.4, 0.5) is 5.82 Å². The van der Waals surface area contributed by atoms with Crippen LogP contribution in [-0.2, 0) is 0 Å². The number of halogens is 2. The van der Waals surface area contributed by atoms with Crippen molar-refractivity contribution in [1.82, 2.24) is 20.1 Å². The number of nitrogens with zero attached hydrogens (tertiary/aromatic N) is 4. The summed E-state index contributed by atoms with van der Waals surface area (Å²) in [4.78, 5) is 6.23. The van der Waals surface area contributed by atoms with E-state index in [1.54, 1.807) is 0 Å². The zero-order chi connectivity index (χ0) is 12.8. The van der Waals surface area contributed by atoms with Gasteiger partial charge in [-0.2, -0.15) is 4.98 Å². The molecular weight excluding hydrogens is 261 g/mol. The van der Waals surface area contributed by atoms with Gasteiger partial charge in [0.25, 0.3) is 0 Å². The minimum absolute atomic E-state index is 0.0900. The lowest BCUT2D eigenvalue weighted by Crippen LogP contribution is -2.32. The average Bonchev–Trinajstić information content (AvgIpc) is 2.32. The summed E-state index contributed by atoms with van der Waals surface area (Å²) in [5, 5.41) is 10.6. The molecule has 0 fully saturated rings. The van der Waals surface area contributed by atoms with Gasteiger partial charge in [0.1, 0.15) is 0 Å². The second-order valence-electron chi connectivity index (χ2n) is 3.88. The number of rotatable bonds is 6. The predicted molar refractivity (Wildman–Crippen MR) is 70.7 cm³/mol. The summed E-state index contributed by atoms with van der Waals surface area (Å²) >= 11 is 11.5. The standard InChI is InChI=1S/C10H17Cl2N5/c1-4-7(2)17(3)6-5-13-9-8(11)15-16-10(12)14-9/h7H,4-6H2,1-3H3,(H,13,14,16). The molecule has 1 unspecified atom stereocenters. The van der Waals surface area contributed by atoms with Gasteiger partial charge in [-0.3, -0.25) is 0 Å². The number of nitrogens with one attached hydrogen (secondary N) is 1. The van der Waals surface area contributed by atoms with Crippen LogP contribution < -0.4 is 5.32 Å². The van der Waals surface area contributed by atoms with Crippen LogP contribution in [0.5, 0.6) is 0 Å². The summed E-state index contributed by atoms with van der Waals surface area (Å²) < 4.78 is 0. The van der Waals surface area contributed by atoms with E-state index in [4.69, 9.17) is 23.2 Å². The molecule has 1 N–H and O–H groups in total. The molecule has 0 aliphatic carbocycles. The average molecular weight is 278 g/mol. The van der Waals surface area contributed by atoms with Gasteiger partial charge in [0, 0.05) is 19.1 Å². The molecule has 1 rings (SSSR count). The molecule has 7 heteroatoms. The smallest absolute Gasteiger partial charge is 0.245 e. The van der Waals surface area contributed by atoms with Crippen molar-refractivity contribution in [3.63, 3.8) is 0 Å². The lowest BCUT2D eigenvalue weighted by Gasteiger charge is -2.23.